The number of terminal acetylenes is 1. The van der Waals surface area contributed by atoms with Crippen LogP contribution in [0.15, 0.2) is 54.6 Å². The monoisotopic (exact) mass is 771 g/mol. The van der Waals surface area contributed by atoms with Gasteiger partial charge in [0.05, 0.1) is 6.04 Å². The van der Waals surface area contributed by atoms with Gasteiger partial charge in [0.2, 0.25) is 17.6 Å². The van der Waals surface area contributed by atoms with Crippen LogP contribution in [0, 0.1) is 29.1 Å². The minimum absolute atomic E-state index is 0.0222. The third kappa shape index (κ3) is 12.4. The molecule has 1 aromatic rings. The van der Waals surface area contributed by atoms with Gasteiger partial charge in [0.25, 0.3) is 5.91 Å². The van der Waals surface area contributed by atoms with Crippen LogP contribution < -0.4 is 21.3 Å². The highest BCUT2D eigenvalue weighted by Crippen LogP contribution is 2.40. The molecule has 1 fully saturated rings. The summed E-state index contributed by atoms with van der Waals surface area (Å²) in [5.41, 5.74) is -0.580. The molecule has 5 atom stereocenters. The van der Waals surface area contributed by atoms with Crippen molar-refractivity contribution in [3.05, 3.63) is 60.2 Å². The van der Waals surface area contributed by atoms with E-state index in [0.29, 0.717) is 18.4 Å². The zero-order chi connectivity index (χ0) is 41.1. The molecule has 4 N–H and O–H groups in total. The summed E-state index contributed by atoms with van der Waals surface area (Å²) >= 11 is 0. The van der Waals surface area contributed by atoms with Crippen LogP contribution in [0.1, 0.15) is 78.7 Å². The first kappa shape index (κ1) is 44.3. The molecule has 1 heterocycles. The number of halogens is 3. The summed E-state index contributed by atoms with van der Waals surface area (Å²) in [7, 11) is 0. The molecule has 1 aromatic carbocycles. The Hall–Kier alpha value is -5.13. The molecular formula is C40H52F3N5O7. The van der Waals surface area contributed by atoms with Gasteiger partial charge in [-0.2, -0.15) is 13.2 Å². The molecule has 1 unspecified atom stereocenters. The lowest BCUT2D eigenvalue weighted by atomic mass is 9.75. The van der Waals surface area contributed by atoms with Crippen LogP contribution in [0.5, 0.6) is 0 Å². The topological polar surface area (TPSA) is 163 Å². The molecule has 0 spiro atoms. The van der Waals surface area contributed by atoms with Crippen LogP contribution >= 0.6 is 0 Å². The predicted octanol–water partition coefficient (Wildman–Crippen LogP) is 4.50. The lowest BCUT2D eigenvalue weighted by molar-refractivity contribution is -0.148. The van der Waals surface area contributed by atoms with Crippen LogP contribution in [0.3, 0.4) is 0 Å². The minimum atomic E-state index is -4.71. The zero-order valence-corrected chi connectivity index (χ0v) is 32.0. The summed E-state index contributed by atoms with van der Waals surface area (Å²) in [6.45, 7) is 11.6. The van der Waals surface area contributed by atoms with Crippen molar-refractivity contribution >= 4 is 35.5 Å². The van der Waals surface area contributed by atoms with Gasteiger partial charge in [-0.05, 0) is 62.5 Å². The van der Waals surface area contributed by atoms with Crippen molar-refractivity contribution < 1.29 is 46.7 Å². The number of benzene rings is 1. The molecule has 3 rings (SSSR count). The standard InChI is InChI=1S/C40H52F3N5O7/c1-8-22-44-34(51)31(49)28(19-21-40(41,42)43)45-33(50)30-27(39(6,7)9-2)20-23-48(30)35(52)32(38(3,4)5)47-37(54)46-29(26-17-13-14-18-26)36(53)55-24-25-15-11-10-12-16-25/h2,8,10-12,15-17,27-30,32H,1,13-14,18-24H2,3-7H3,(H,44,51)(H,45,50)(H2,46,47,54)/t27-,28?,29-,30-,32+/m0/s1. The number of amides is 5. The van der Waals surface area contributed by atoms with E-state index in [9.17, 15) is 41.9 Å². The molecular weight excluding hydrogens is 719 g/mol. The lowest BCUT2D eigenvalue weighted by Gasteiger charge is -2.38. The number of urea groups is 1. The van der Waals surface area contributed by atoms with Gasteiger partial charge in [-0.25, -0.2) is 9.59 Å². The Kier molecular flexibility index (Phi) is 15.3. The number of nitrogens with one attached hydrogen (secondary N) is 4. The third-order valence-corrected chi connectivity index (χ3v) is 9.80. The largest absolute Gasteiger partial charge is 0.459 e. The van der Waals surface area contributed by atoms with Gasteiger partial charge in [0.1, 0.15) is 24.7 Å². The number of carbonyl (C=O) groups excluding carboxylic acids is 6. The Bertz CT molecular complexity index is 1660. The summed E-state index contributed by atoms with van der Waals surface area (Å²) in [6, 6.07) is 2.46. The molecule has 2 aliphatic rings. The molecule has 1 aliphatic heterocycles. The Balaban J connectivity index is 1.90. The first-order valence-electron chi connectivity index (χ1n) is 18.2. The second-order valence-electron chi connectivity index (χ2n) is 15.4. The van der Waals surface area contributed by atoms with Crippen molar-refractivity contribution in [2.45, 2.75) is 110 Å². The highest BCUT2D eigenvalue weighted by atomic mass is 19.4. The smallest absolute Gasteiger partial charge is 0.389 e. The van der Waals surface area contributed by atoms with E-state index in [2.05, 4.69) is 33.8 Å². The number of carbonyl (C=O) groups is 6. The van der Waals surface area contributed by atoms with E-state index in [1.165, 1.54) is 11.0 Å². The number of hydrogen-bond donors (Lipinski definition) is 4. The Morgan fingerprint density at radius 3 is 2.27 bits per heavy atom. The number of rotatable bonds is 16. The number of hydrogen-bond acceptors (Lipinski definition) is 7. The molecule has 1 saturated heterocycles. The summed E-state index contributed by atoms with van der Waals surface area (Å²) in [6.07, 6.45) is 4.09. The summed E-state index contributed by atoms with van der Waals surface area (Å²) in [4.78, 5) is 82.3. The van der Waals surface area contributed by atoms with Crippen molar-refractivity contribution in [3.63, 3.8) is 0 Å². The lowest BCUT2D eigenvalue weighted by Crippen LogP contribution is -2.62. The molecule has 300 valence electrons. The highest BCUT2D eigenvalue weighted by Gasteiger charge is 2.51. The average molecular weight is 772 g/mol. The highest BCUT2D eigenvalue weighted by molar-refractivity contribution is 6.38. The normalized spacial score (nSPS) is 18.8. The Labute approximate surface area is 320 Å². The van der Waals surface area contributed by atoms with Crippen LogP contribution in [-0.2, 0) is 35.3 Å². The first-order valence-corrected chi connectivity index (χ1v) is 18.2. The van der Waals surface area contributed by atoms with Crippen LogP contribution in [0.2, 0.25) is 0 Å². The molecule has 12 nitrogen and oxygen atoms in total. The average Bonchev–Trinajstić information content (AvgIpc) is 3.83. The Morgan fingerprint density at radius 2 is 1.71 bits per heavy atom. The number of Topliss-reactive ketones (excluding diaryl/α,β-unsaturated/α-hetero) is 1. The molecule has 0 radical (unpaired) electrons. The van der Waals surface area contributed by atoms with Crippen molar-refractivity contribution in [3.8, 4) is 12.3 Å². The number of nitrogens with zero attached hydrogens (tertiary/aromatic N) is 1. The van der Waals surface area contributed by atoms with Crippen LogP contribution in [0.25, 0.3) is 0 Å². The van der Waals surface area contributed by atoms with Crippen molar-refractivity contribution in [1.82, 2.24) is 26.2 Å². The van der Waals surface area contributed by atoms with Gasteiger partial charge in [-0.1, -0.05) is 63.3 Å². The third-order valence-electron chi connectivity index (χ3n) is 9.80. The molecule has 0 bridgehead atoms. The number of likely N-dealkylation sites (tertiary alicyclic amines) is 1. The van der Waals surface area contributed by atoms with E-state index < -0.39 is 95.4 Å². The van der Waals surface area contributed by atoms with Gasteiger partial charge in [0.15, 0.2) is 0 Å². The van der Waals surface area contributed by atoms with Crippen LogP contribution in [-0.4, -0.2) is 83.8 Å². The van der Waals surface area contributed by atoms with Crippen molar-refractivity contribution in [1.29, 1.82) is 0 Å². The van der Waals surface area contributed by atoms with E-state index in [1.807, 2.05) is 12.1 Å². The van der Waals surface area contributed by atoms with Crippen molar-refractivity contribution in [2.75, 3.05) is 13.1 Å². The fraction of sp³-hybridized carbons (Fsp3) is 0.550. The van der Waals surface area contributed by atoms with Crippen molar-refractivity contribution in [2.24, 2.45) is 16.7 Å². The maximum atomic E-state index is 14.5. The summed E-state index contributed by atoms with van der Waals surface area (Å²) in [5, 5.41) is 9.88. The summed E-state index contributed by atoms with van der Waals surface area (Å²) < 4.78 is 45.4. The summed E-state index contributed by atoms with van der Waals surface area (Å²) in [5.74, 6) is -3.00. The number of esters is 1. The second-order valence-corrected chi connectivity index (χ2v) is 15.4. The molecule has 55 heavy (non-hydrogen) atoms. The molecule has 5 amide bonds. The van der Waals surface area contributed by atoms with Gasteiger partial charge in [-0.15, -0.1) is 18.9 Å². The quantitative estimate of drug-likeness (QED) is 0.0833. The molecule has 0 saturated carbocycles. The van der Waals surface area contributed by atoms with Crippen LogP contribution in [0.4, 0.5) is 18.0 Å². The maximum Gasteiger partial charge on any atom is 0.389 e. The van der Waals surface area contributed by atoms with E-state index in [1.54, 1.807) is 58.9 Å². The first-order chi connectivity index (χ1) is 25.7. The zero-order valence-electron chi connectivity index (χ0n) is 32.0. The molecule has 0 aromatic heterocycles. The van der Waals surface area contributed by atoms with E-state index >= 15 is 0 Å². The number of ketones is 1. The minimum Gasteiger partial charge on any atom is -0.459 e. The number of allylic oxidation sites excluding steroid dienone is 1. The van der Waals surface area contributed by atoms with Gasteiger partial charge in [-0.3, -0.25) is 19.2 Å². The fourth-order valence-corrected chi connectivity index (χ4v) is 6.66. The van der Waals surface area contributed by atoms with Gasteiger partial charge in [0, 0.05) is 30.8 Å². The number of ether oxygens (including phenoxy) is 1. The maximum absolute atomic E-state index is 14.5. The SMILES string of the molecule is C#CC(C)(C)[C@H]1CCN(C(=O)[C@@H](NC(=O)N[C@H](C(=O)OCc2ccccc2)C2=CCCC2)C(C)(C)C)[C@@H]1C(=O)NC(CCC(F)(F)F)C(=O)C(=O)NCC=C. The van der Waals surface area contributed by atoms with E-state index in [-0.39, 0.29) is 26.1 Å². The van der Waals surface area contributed by atoms with E-state index in [0.717, 1.165) is 12.0 Å². The fourth-order valence-electron chi connectivity index (χ4n) is 6.66. The Morgan fingerprint density at radius 1 is 1.04 bits per heavy atom. The second kappa shape index (κ2) is 19.0. The number of alkyl halides is 3. The van der Waals surface area contributed by atoms with Gasteiger partial charge < -0.3 is 30.9 Å². The molecule has 1 aliphatic carbocycles. The van der Waals surface area contributed by atoms with E-state index in [4.69, 9.17) is 11.2 Å². The van der Waals surface area contributed by atoms with Gasteiger partial charge >= 0.3 is 18.2 Å². The molecule has 15 heteroatoms. The predicted molar refractivity (Wildman–Crippen MR) is 199 cm³/mol.